The summed E-state index contributed by atoms with van der Waals surface area (Å²) in [5.74, 6) is 0.482. The Morgan fingerprint density at radius 1 is 1.27 bits per heavy atom. The third kappa shape index (κ3) is 6.38. The number of hydrogen-bond donors (Lipinski definition) is 3. The fourth-order valence-corrected chi connectivity index (χ4v) is 5.26. The van der Waals surface area contributed by atoms with Gasteiger partial charge in [-0.3, -0.25) is 8.98 Å². The molecule has 2 aliphatic rings. The highest BCUT2D eigenvalue weighted by molar-refractivity contribution is 7.84. The van der Waals surface area contributed by atoms with Gasteiger partial charge in [0.1, 0.15) is 12.1 Å². The molecule has 4 N–H and O–H groups in total. The fourth-order valence-electron chi connectivity index (χ4n) is 4.90. The second kappa shape index (κ2) is 10.3. The van der Waals surface area contributed by atoms with E-state index in [0.29, 0.717) is 35.7 Å². The van der Waals surface area contributed by atoms with Gasteiger partial charge in [-0.1, -0.05) is 19.3 Å². The lowest BCUT2D eigenvalue weighted by molar-refractivity contribution is 0.101. The van der Waals surface area contributed by atoms with E-state index in [4.69, 9.17) is 5.14 Å². The number of anilines is 1. The summed E-state index contributed by atoms with van der Waals surface area (Å²) in [5.41, 5.74) is 0.932. The third-order valence-electron chi connectivity index (χ3n) is 6.61. The van der Waals surface area contributed by atoms with E-state index in [2.05, 4.69) is 24.0 Å². The summed E-state index contributed by atoms with van der Waals surface area (Å²) >= 11 is 0. The molecule has 2 aromatic rings. The molecule has 0 unspecified atom stereocenters. The summed E-state index contributed by atoms with van der Waals surface area (Å²) in [4.78, 5) is 21.5. The minimum Gasteiger partial charge on any atom is -0.393 e. The zero-order chi connectivity index (χ0) is 23.4. The van der Waals surface area contributed by atoms with E-state index in [1.165, 1.54) is 44.6 Å². The highest BCUT2D eigenvalue weighted by Crippen LogP contribution is 2.30. The summed E-state index contributed by atoms with van der Waals surface area (Å²) in [7, 11) is -4.07. The zero-order valence-electron chi connectivity index (χ0n) is 18.5. The molecular weight excluding hydrogens is 446 g/mol. The van der Waals surface area contributed by atoms with Gasteiger partial charge in [-0.05, 0) is 37.7 Å². The smallest absolute Gasteiger partial charge is 0.333 e. The van der Waals surface area contributed by atoms with E-state index in [9.17, 15) is 18.3 Å². The molecule has 33 heavy (non-hydrogen) atoms. The molecule has 0 aromatic carbocycles. The monoisotopic (exact) mass is 477 g/mol. The molecule has 2 aromatic heterocycles. The molecule has 0 aliphatic heterocycles. The number of nitrogens with two attached hydrogens (primary N) is 1. The molecule has 2 heterocycles. The predicted octanol–water partition coefficient (Wildman–Crippen LogP) is 1.86. The number of hydrogen-bond acceptors (Lipinski definition) is 8. The molecule has 4 rings (SSSR count). The van der Waals surface area contributed by atoms with Gasteiger partial charge >= 0.3 is 10.3 Å². The lowest BCUT2D eigenvalue weighted by Gasteiger charge is -2.21. The van der Waals surface area contributed by atoms with Crippen molar-refractivity contribution >= 4 is 21.9 Å². The Hall–Kier alpha value is -2.34. The van der Waals surface area contributed by atoms with Crippen LogP contribution in [0.25, 0.3) is 0 Å². The van der Waals surface area contributed by atoms with Crippen LogP contribution in [0, 0.1) is 11.8 Å². The largest absolute Gasteiger partial charge is 0.393 e. The maximum absolute atomic E-state index is 13.2. The van der Waals surface area contributed by atoms with Crippen molar-refractivity contribution in [1.29, 1.82) is 0 Å². The van der Waals surface area contributed by atoms with Gasteiger partial charge in [0.15, 0.2) is 5.78 Å². The van der Waals surface area contributed by atoms with Gasteiger partial charge in [0.25, 0.3) is 0 Å². The van der Waals surface area contributed by atoms with Crippen molar-refractivity contribution < 1.29 is 22.5 Å². The second-order valence-corrected chi connectivity index (χ2v) is 10.4. The van der Waals surface area contributed by atoms with Crippen LogP contribution in [0.3, 0.4) is 0 Å². The van der Waals surface area contributed by atoms with Crippen molar-refractivity contribution in [3.05, 3.63) is 42.1 Å². The van der Waals surface area contributed by atoms with E-state index in [-0.39, 0.29) is 18.4 Å². The average Bonchev–Trinajstić information content (AvgIpc) is 3.38. The van der Waals surface area contributed by atoms with Crippen molar-refractivity contribution in [3.8, 4) is 0 Å². The SMILES string of the molecule is NS(=O)(=O)OC[C@H]1C[C@@H](Nc2ncncc2C(=O)c2ccn(CC3CCCCC3)c2)C[C@@H]1O. The van der Waals surface area contributed by atoms with E-state index >= 15 is 0 Å². The summed E-state index contributed by atoms with van der Waals surface area (Å²) in [6, 6.07) is 1.62. The first-order valence-electron chi connectivity index (χ1n) is 11.4. The Morgan fingerprint density at radius 3 is 2.82 bits per heavy atom. The number of nitrogens with one attached hydrogen (secondary N) is 1. The molecule has 10 nitrogen and oxygen atoms in total. The van der Waals surface area contributed by atoms with Crippen molar-refractivity contribution in [3.63, 3.8) is 0 Å². The maximum Gasteiger partial charge on any atom is 0.333 e. The topological polar surface area (TPSA) is 149 Å². The van der Waals surface area contributed by atoms with Gasteiger partial charge in [0.2, 0.25) is 0 Å². The van der Waals surface area contributed by atoms with Gasteiger partial charge < -0.3 is 15.0 Å². The molecule has 11 heteroatoms. The van der Waals surface area contributed by atoms with Crippen LogP contribution in [-0.4, -0.2) is 52.6 Å². The zero-order valence-corrected chi connectivity index (χ0v) is 19.3. The number of aromatic nitrogens is 3. The molecule has 3 atom stereocenters. The van der Waals surface area contributed by atoms with Crippen molar-refractivity contribution in [1.82, 2.24) is 14.5 Å². The minimum absolute atomic E-state index is 0.173. The average molecular weight is 478 g/mol. The Morgan fingerprint density at radius 2 is 2.06 bits per heavy atom. The van der Waals surface area contributed by atoms with Gasteiger partial charge in [-0.15, -0.1) is 0 Å². The van der Waals surface area contributed by atoms with Crippen LogP contribution in [0.4, 0.5) is 5.82 Å². The molecule has 0 spiro atoms. The number of carbonyl (C=O) groups excluding carboxylic acids is 1. The normalized spacial score (nSPS) is 24.1. The Kier molecular flexibility index (Phi) is 7.42. The molecule has 2 aliphatic carbocycles. The van der Waals surface area contributed by atoms with Crippen LogP contribution in [-0.2, 0) is 21.0 Å². The van der Waals surface area contributed by atoms with Crippen molar-refractivity contribution in [2.24, 2.45) is 17.0 Å². The van der Waals surface area contributed by atoms with Gasteiger partial charge in [0, 0.05) is 42.7 Å². The summed E-state index contributed by atoms with van der Waals surface area (Å²) < 4.78 is 28.8. The van der Waals surface area contributed by atoms with Crippen LogP contribution in [0.2, 0.25) is 0 Å². The maximum atomic E-state index is 13.2. The number of nitrogens with zero attached hydrogens (tertiary/aromatic N) is 3. The number of rotatable bonds is 9. The molecule has 0 radical (unpaired) electrons. The molecule has 2 fully saturated rings. The van der Waals surface area contributed by atoms with E-state index in [1.54, 1.807) is 0 Å². The second-order valence-electron chi connectivity index (χ2n) is 9.13. The summed E-state index contributed by atoms with van der Waals surface area (Å²) in [6.45, 7) is 0.730. The van der Waals surface area contributed by atoms with E-state index in [1.807, 2.05) is 18.5 Å². The third-order valence-corrected chi connectivity index (χ3v) is 7.07. The van der Waals surface area contributed by atoms with Crippen LogP contribution in [0.15, 0.2) is 31.0 Å². The first kappa shape index (κ1) is 23.8. The van der Waals surface area contributed by atoms with Crippen molar-refractivity contribution in [2.75, 3.05) is 11.9 Å². The first-order valence-corrected chi connectivity index (χ1v) is 12.9. The van der Waals surface area contributed by atoms with Gasteiger partial charge in [-0.2, -0.15) is 8.42 Å². The molecule has 0 saturated heterocycles. The van der Waals surface area contributed by atoms with Crippen molar-refractivity contribution in [2.45, 2.75) is 63.6 Å². The number of ketones is 1. The minimum atomic E-state index is -4.07. The van der Waals surface area contributed by atoms with Crippen LogP contribution < -0.4 is 10.5 Å². The van der Waals surface area contributed by atoms with Crippen LogP contribution in [0.1, 0.15) is 60.9 Å². The lowest BCUT2D eigenvalue weighted by atomic mass is 9.89. The molecule has 2 saturated carbocycles. The van der Waals surface area contributed by atoms with Crippen LogP contribution >= 0.6 is 0 Å². The van der Waals surface area contributed by atoms with Gasteiger partial charge in [0.05, 0.1) is 18.3 Å². The number of aliphatic hydroxyl groups is 1. The summed E-state index contributed by atoms with van der Waals surface area (Å²) in [5, 5.41) is 18.4. The molecular formula is C22H31N5O5S. The summed E-state index contributed by atoms with van der Waals surface area (Å²) in [6.07, 6.45) is 13.1. The molecule has 0 amide bonds. The molecule has 0 bridgehead atoms. The number of carbonyl (C=O) groups is 1. The number of aliphatic hydroxyl groups excluding tert-OH is 1. The lowest BCUT2D eigenvalue weighted by Crippen LogP contribution is -2.24. The highest BCUT2D eigenvalue weighted by atomic mass is 32.2. The quantitative estimate of drug-likeness (QED) is 0.463. The Balaban J connectivity index is 1.41. The first-order chi connectivity index (χ1) is 15.8. The predicted molar refractivity (Wildman–Crippen MR) is 122 cm³/mol. The van der Waals surface area contributed by atoms with E-state index < -0.39 is 22.3 Å². The Bertz CT molecular complexity index is 1070. The molecule has 180 valence electrons. The van der Waals surface area contributed by atoms with Crippen LogP contribution in [0.5, 0.6) is 0 Å². The fraction of sp³-hybridized carbons (Fsp3) is 0.591. The van der Waals surface area contributed by atoms with Gasteiger partial charge in [-0.25, -0.2) is 15.1 Å². The highest BCUT2D eigenvalue weighted by Gasteiger charge is 2.34. The standard InChI is InChI=1S/C22H31N5O5S/c23-33(30,31)32-13-17-8-18(9-20(17)28)26-22-19(10-24-14-25-22)21(29)16-6-7-27(12-16)11-15-4-2-1-3-5-15/h6-7,10,12,14-15,17-18,20,28H,1-5,8-9,11,13H2,(H2,23,30,31)(H,24,25,26)/t17-,18-,20+/m1/s1. The Labute approximate surface area is 193 Å². The van der Waals surface area contributed by atoms with E-state index in [0.717, 1.165) is 6.54 Å².